The molecule has 1 aromatic heterocycles. The molecule has 2 rings (SSSR count). The van der Waals surface area contributed by atoms with E-state index in [-0.39, 0.29) is 12.3 Å². The Balaban J connectivity index is 2.34. The van der Waals surface area contributed by atoms with Crippen LogP contribution in [0.5, 0.6) is 0 Å². The zero-order valence-electron chi connectivity index (χ0n) is 10.0. The van der Waals surface area contributed by atoms with Crippen molar-refractivity contribution in [1.29, 1.82) is 0 Å². The first kappa shape index (κ1) is 11.9. The van der Waals surface area contributed by atoms with Gasteiger partial charge in [-0.2, -0.15) is 0 Å². The molecule has 0 aromatic carbocycles. The van der Waals surface area contributed by atoms with Crippen molar-refractivity contribution in [1.82, 2.24) is 4.98 Å². The van der Waals surface area contributed by atoms with Gasteiger partial charge >= 0.3 is 6.09 Å². The molecule has 5 heteroatoms. The molecular weight excluding hydrogens is 220 g/mol. The molecule has 0 spiro atoms. The molecule has 0 bridgehead atoms. The van der Waals surface area contributed by atoms with Crippen LogP contribution in [0.3, 0.4) is 0 Å². The lowest BCUT2D eigenvalue weighted by Gasteiger charge is -2.34. The van der Waals surface area contributed by atoms with Gasteiger partial charge in [0.15, 0.2) is 0 Å². The lowest BCUT2D eigenvalue weighted by molar-refractivity contribution is 0.0766. The Kier molecular flexibility index (Phi) is 3.58. The zero-order chi connectivity index (χ0) is 12.3. The maximum atomic E-state index is 11.9. The minimum Gasteiger partial charge on any atom is -0.449 e. The Hall–Kier alpha value is -1.62. The summed E-state index contributed by atoms with van der Waals surface area (Å²) >= 11 is 0. The van der Waals surface area contributed by atoms with E-state index in [4.69, 9.17) is 9.47 Å². The Bertz CT molecular complexity index is 408. The fraction of sp³-hybridized carbons (Fsp3) is 0.500. The number of hydrogen-bond acceptors (Lipinski definition) is 4. The first-order chi connectivity index (χ1) is 8.27. The number of nitrogens with zero attached hydrogens (tertiary/aromatic N) is 2. The Morgan fingerprint density at radius 2 is 2.47 bits per heavy atom. The monoisotopic (exact) mass is 236 g/mol. The summed E-state index contributed by atoms with van der Waals surface area (Å²) in [5.41, 5.74) is 1.69. The summed E-state index contributed by atoms with van der Waals surface area (Å²) in [5, 5.41) is 0. The van der Waals surface area contributed by atoms with Crippen molar-refractivity contribution in [3.63, 3.8) is 0 Å². The highest BCUT2D eigenvalue weighted by Crippen LogP contribution is 2.29. The maximum absolute atomic E-state index is 11.9. The number of rotatable bonds is 2. The van der Waals surface area contributed by atoms with Gasteiger partial charge < -0.3 is 9.47 Å². The fourth-order valence-electron chi connectivity index (χ4n) is 2.02. The number of hydrogen-bond donors (Lipinski definition) is 0. The molecule has 92 valence electrons. The molecule has 1 aromatic rings. The van der Waals surface area contributed by atoms with E-state index in [0.29, 0.717) is 6.61 Å². The summed E-state index contributed by atoms with van der Waals surface area (Å²) in [7, 11) is 1.60. The van der Waals surface area contributed by atoms with Crippen molar-refractivity contribution in [2.75, 3.05) is 18.6 Å². The zero-order valence-corrected chi connectivity index (χ0v) is 10.0. The second-order valence-corrected chi connectivity index (χ2v) is 3.77. The van der Waals surface area contributed by atoms with Gasteiger partial charge in [0.05, 0.1) is 18.0 Å². The van der Waals surface area contributed by atoms with Crippen LogP contribution in [0, 0.1) is 0 Å². The molecular formula is C12H16N2O3. The van der Waals surface area contributed by atoms with Crippen LogP contribution in [0.4, 0.5) is 10.5 Å². The molecule has 17 heavy (non-hydrogen) atoms. The van der Waals surface area contributed by atoms with Gasteiger partial charge in [-0.3, -0.25) is 4.98 Å². The smallest absolute Gasteiger partial charge is 0.416 e. The highest BCUT2D eigenvalue weighted by molar-refractivity contribution is 5.89. The molecule has 0 fully saturated rings. The predicted octanol–water partition coefficient (Wildman–Crippen LogP) is 1.96. The largest absolute Gasteiger partial charge is 0.449 e. The van der Waals surface area contributed by atoms with Crippen molar-refractivity contribution in [2.45, 2.75) is 26.0 Å². The molecule has 1 unspecified atom stereocenters. The maximum Gasteiger partial charge on any atom is 0.416 e. The molecule has 1 aliphatic heterocycles. The summed E-state index contributed by atoms with van der Waals surface area (Å²) in [6.07, 6.45) is 2.62. The number of amides is 1. The summed E-state index contributed by atoms with van der Waals surface area (Å²) in [5.74, 6) is 0. The molecule has 0 aliphatic carbocycles. The third kappa shape index (κ3) is 2.24. The minimum absolute atomic E-state index is 0.272. The molecule has 2 heterocycles. The minimum atomic E-state index is -0.381. The molecule has 0 saturated carbocycles. The number of fused-ring (bicyclic) bond motifs is 1. The number of methoxy groups -OCH3 is 1. The average Bonchev–Trinajstić information content (AvgIpc) is 2.37. The van der Waals surface area contributed by atoms with Crippen LogP contribution in [0.25, 0.3) is 0 Å². The van der Waals surface area contributed by atoms with Gasteiger partial charge in [0.2, 0.25) is 0 Å². The SMILES string of the molecule is CCOC(=O)N1c2cccnc2CCC1OC. The molecule has 1 aliphatic rings. The van der Waals surface area contributed by atoms with Crippen LogP contribution in [0.1, 0.15) is 19.0 Å². The summed E-state index contributed by atoms with van der Waals surface area (Å²) in [6.45, 7) is 2.13. The number of aryl methyl sites for hydroxylation is 1. The number of aromatic nitrogens is 1. The highest BCUT2D eigenvalue weighted by Gasteiger charge is 2.32. The van der Waals surface area contributed by atoms with Gasteiger partial charge in [0.1, 0.15) is 6.23 Å². The normalized spacial score (nSPS) is 18.7. The van der Waals surface area contributed by atoms with Gasteiger partial charge in [0.25, 0.3) is 0 Å². The summed E-state index contributed by atoms with van der Waals surface area (Å²) in [6, 6.07) is 3.67. The van der Waals surface area contributed by atoms with Gasteiger partial charge in [-0.15, -0.1) is 0 Å². The number of ether oxygens (including phenoxy) is 2. The predicted molar refractivity (Wildman–Crippen MR) is 62.9 cm³/mol. The highest BCUT2D eigenvalue weighted by atomic mass is 16.6. The van der Waals surface area contributed by atoms with E-state index in [9.17, 15) is 4.79 Å². The van der Waals surface area contributed by atoms with Crippen LogP contribution in [-0.4, -0.2) is 31.0 Å². The third-order valence-corrected chi connectivity index (χ3v) is 2.78. The van der Waals surface area contributed by atoms with Crippen LogP contribution in [0.2, 0.25) is 0 Å². The van der Waals surface area contributed by atoms with Gasteiger partial charge in [0, 0.05) is 13.3 Å². The lowest BCUT2D eigenvalue weighted by atomic mass is 10.1. The number of anilines is 1. The third-order valence-electron chi connectivity index (χ3n) is 2.78. The van der Waals surface area contributed by atoms with E-state index in [1.165, 1.54) is 4.90 Å². The quantitative estimate of drug-likeness (QED) is 0.787. The number of carbonyl (C=O) groups excluding carboxylic acids is 1. The van der Waals surface area contributed by atoms with Crippen molar-refractivity contribution in [3.8, 4) is 0 Å². The van der Waals surface area contributed by atoms with E-state index in [1.54, 1.807) is 20.2 Å². The van der Waals surface area contributed by atoms with Crippen molar-refractivity contribution in [3.05, 3.63) is 24.0 Å². The Morgan fingerprint density at radius 1 is 1.65 bits per heavy atom. The molecule has 1 atom stereocenters. The van der Waals surface area contributed by atoms with E-state index in [2.05, 4.69) is 4.98 Å². The van der Waals surface area contributed by atoms with E-state index >= 15 is 0 Å². The Labute approximate surface area is 100 Å². The van der Waals surface area contributed by atoms with Crippen LogP contribution >= 0.6 is 0 Å². The Morgan fingerprint density at radius 3 is 3.18 bits per heavy atom. The van der Waals surface area contributed by atoms with Crippen LogP contribution in [0.15, 0.2) is 18.3 Å². The van der Waals surface area contributed by atoms with E-state index in [0.717, 1.165) is 24.2 Å². The number of pyridine rings is 1. The standard InChI is InChI=1S/C12H16N2O3/c1-3-17-12(15)14-10-5-4-8-13-9(10)6-7-11(14)16-2/h4-5,8,11H,3,6-7H2,1-2H3. The summed E-state index contributed by atoms with van der Waals surface area (Å²) < 4.78 is 10.4. The molecule has 0 radical (unpaired) electrons. The fourth-order valence-corrected chi connectivity index (χ4v) is 2.02. The summed E-state index contributed by atoms with van der Waals surface area (Å²) in [4.78, 5) is 17.7. The first-order valence-electron chi connectivity index (χ1n) is 5.70. The van der Waals surface area contributed by atoms with Gasteiger partial charge in [-0.05, 0) is 31.9 Å². The van der Waals surface area contributed by atoms with Crippen LogP contribution in [-0.2, 0) is 15.9 Å². The molecule has 0 saturated heterocycles. The van der Waals surface area contributed by atoms with Crippen LogP contribution < -0.4 is 4.90 Å². The molecule has 0 N–H and O–H groups in total. The second-order valence-electron chi connectivity index (χ2n) is 3.77. The second kappa shape index (κ2) is 5.14. The van der Waals surface area contributed by atoms with Crippen molar-refractivity contribution < 1.29 is 14.3 Å². The van der Waals surface area contributed by atoms with Gasteiger partial charge in [-0.25, -0.2) is 9.69 Å². The molecule has 5 nitrogen and oxygen atoms in total. The van der Waals surface area contributed by atoms with Gasteiger partial charge in [-0.1, -0.05) is 0 Å². The number of carbonyl (C=O) groups is 1. The van der Waals surface area contributed by atoms with Crippen molar-refractivity contribution >= 4 is 11.8 Å². The first-order valence-corrected chi connectivity index (χ1v) is 5.70. The van der Waals surface area contributed by atoms with E-state index in [1.807, 2.05) is 12.1 Å². The lowest BCUT2D eigenvalue weighted by Crippen LogP contribution is -2.45. The van der Waals surface area contributed by atoms with E-state index < -0.39 is 0 Å². The van der Waals surface area contributed by atoms with Crippen molar-refractivity contribution in [2.24, 2.45) is 0 Å². The topological polar surface area (TPSA) is 51.7 Å². The molecule has 1 amide bonds. The average molecular weight is 236 g/mol.